The first kappa shape index (κ1) is 28.5. The average Bonchev–Trinajstić information content (AvgIpc) is 3.31. The van der Waals surface area contributed by atoms with E-state index in [0.717, 1.165) is 142 Å². The number of hydrogen-bond donors (Lipinski definition) is 0. The van der Waals surface area contributed by atoms with Crippen molar-refractivity contribution in [3.63, 3.8) is 0 Å². The van der Waals surface area contributed by atoms with Crippen molar-refractivity contribution in [2.24, 2.45) is 153 Å². The standard InChI is InChI=1S/C41H68/c1-16-17(2)21(6)32-31(20(16)5)33-24(9)26(11)37-36-35(33)34(32)25(10)27(12)38(36)41-15-40(37)28(13)18(3)22(7)30(39(40)41)23(8)19(4)29(41)14/h16-39H,15H2,1-14H3. The van der Waals surface area contributed by atoms with Gasteiger partial charge in [-0.3, -0.25) is 0 Å². The Morgan fingerprint density at radius 2 is 0.610 bits per heavy atom. The third kappa shape index (κ3) is 2.71. The van der Waals surface area contributed by atoms with Gasteiger partial charge in [0, 0.05) is 0 Å². The maximum atomic E-state index is 2.83. The lowest BCUT2D eigenvalue weighted by Gasteiger charge is -2.88. The normalized spacial score (nSPS) is 74.2. The van der Waals surface area contributed by atoms with E-state index in [-0.39, 0.29) is 0 Å². The summed E-state index contributed by atoms with van der Waals surface area (Å²) in [7, 11) is 0. The highest BCUT2D eigenvalue weighted by atomic mass is 14.9. The molecule has 0 radical (unpaired) electrons. The van der Waals surface area contributed by atoms with Crippen molar-refractivity contribution in [2.75, 3.05) is 0 Å². The van der Waals surface area contributed by atoms with Crippen LogP contribution in [0, 0.1) is 153 Å². The lowest BCUT2D eigenvalue weighted by Crippen LogP contribution is -2.84. The van der Waals surface area contributed by atoms with E-state index in [1.54, 1.807) is 6.42 Å². The minimum Gasteiger partial charge on any atom is -0.0620 e. The van der Waals surface area contributed by atoms with Crippen LogP contribution in [0.25, 0.3) is 0 Å². The van der Waals surface area contributed by atoms with Crippen molar-refractivity contribution in [3.05, 3.63) is 0 Å². The molecule has 8 rings (SSSR count). The lowest BCUT2D eigenvalue weighted by atomic mass is 9.16. The molecule has 0 aromatic rings. The van der Waals surface area contributed by atoms with E-state index in [9.17, 15) is 0 Å². The summed E-state index contributed by atoms with van der Waals surface area (Å²) >= 11 is 0. The quantitative estimate of drug-likeness (QED) is 0.276. The molecule has 0 heteroatoms. The molecule has 8 fully saturated rings. The fourth-order valence-corrected chi connectivity index (χ4v) is 18.4. The Balaban J connectivity index is 1.36. The van der Waals surface area contributed by atoms with Crippen molar-refractivity contribution in [1.29, 1.82) is 0 Å². The SMILES string of the molecule is CC1C(C)C(C)C2C(C1C)C1C(C)C(C)C3C4C1C2C(C)C(C)C4C12CC34C(C)C(C)C(C)C(C(C)C(C)C1C)C42. The maximum absolute atomic E-state index is 2.83. The summed E-state index contributed by atoms with van der Waals surface area (Å²) in [6.45, 7) is 38.5. The first-order chi connectivity index (χ1) is 19.2. The van der Waals surface area contributed by atoms with Crippen LogP contribution >= 0.6 is 0 Å². The fraction of sp³-hybridized carbons (Fsp3) is 1.00. The summed E-state index contributed by atoms with van der Waals surface area (Å²) in [6.07, 6.45) is 1.62. The van der Waals surface area contributed by atoms with Gasteiger partial charge < -0.3 is 0 Å². The van der Waals surface area contributed by atoms with Gasteiger partial charge in [0.1, 0.15) is 0 Å². The Hall–Kier alpha value is 0. The van der Waals surface area contributed by atoms with Gasteiger partial charge in [-0.05, 0) is 159 Å². The number of fused-ring (bicyclic) bond motifs is 3. The van der Waals surface area contributed by atoms with E-state index >= 15 is 0 Å². The number of rotatable bonds is 0. The van der Waals surface area contributed by atoms with Crippen molar-refractivity contribution >= 4 is 0 Å². The average molecular weight is 561 g/mol. The highest BCUT2D eigenvalue weighted by Crippen LogP contribution is 2.91. The molecule has 0 amide bonds. The fourth-order valence-electron chi connectivity index (χ4n) is 18.4. The summed E-state index contributed by atoms with van der Waals surface area (Å²) < 4.78 is 0. The summed E-state index contributed by atoms with van der Waals surface area (Å²) in [5.41, 5.74) is 1.27. The van der Waals surface area contributed by atoms with Gasteiger partial charge in [-0.1, -0.05) is 96.9 Å². The van der Waals surface area contributed by atoms with Gasteiger partial charge in [0.15, 0.2) is 0 Å². The first-order valence-corrected chi connectivity index (χ1v) is 19.2. The van der Waals surface area contributed by atoms with Gasteiger partial charge in [0.2, 0.25) is 0 Å². The molecular formula is C41H68. The predicted octanol–water partition coefficient (Wildman–Crippen LogP) is 10.5. The van der Waals surface area contributed by atoms with Crippen molar-refractivity contribution in [2.45, 2.75) is 103 Å². The Morgan fingerprint density at radius 1 is 0.293 bits per heavy atom. The molecular weight excluding hydrogens is 492 g/mol. The van der Waals surface area contributed by atoms with Crippen LogP contribution in [0.3, 0.4) is 0 Å². The molecule has 0 nitrogen and oxygen atoms in total. The van der Waals surface area contributed by atoms with Crippen LogP contribution in [-0.2, 0) is 0 Å². The minimum absolute atomic E-state index is 0.634. The van der Waals surface area contributed by atoms with Crippen molar-refractivity contribution < 1.29 is 0 Å². The molecule has 0 spiro atoms. The molecule has 22 unspecified atom stereocenters. The number of hydrogen-bond acceptors (Lipinski definition) is 0. The van der Waals surface area contributed by atoms with Crippen LogP contribution < -0.4 is 0 Å². The van der Waals surface area contributed by atoms with Gasteiger partial charge in [-0.15, -0.1) is 0 Å². The van der Waals surface area contributed by atoms with Gasteiger partial charge in [0.25, 0.3) is 0 Å². The Morgan fingerprint density at radius 3 is 1.00 bits per heavy atom. The highest BCUT2D eigenvalue weighted by Gasteiger charge is 2.86. The molecule has 22 atom stereocenters. The summed E-state index contributed by atoms with van der Waals surface area (Å²) in [5.74, 6) is 22.6. The molecule has 0 aliphatic heterocycles. The van der Waals surface area contributed by atoms with E-state index in [2.05, 4.69) is 96.9 Å². The monoisotopic (exact) mass is 561 g/mol. The zero-order valence-corrected chi connectivity index (χ0v) is 29.6. The third-order valence-corrected chi connectivity index (χ3v) is 20.7. The van der Waals surface area contributed by atoms with Crippen LogP contribution in [0.4, 0.5) is 0 Å². The lowest BCUT2D eigenvalue weighted by molar-refractivity contribution is -0.415. The molecule has 8 aliphatic rings. The van der Waals surface area contributed by atoms with Gasteiger partial charge in [-0.25, -0.2) is 0 Å². The van der Waals surface area contributed by atoms with Crippen LogP contribution in [0.1, 0.15) is 103 Å². The topological polar surface area (TPSA) is 0 Å². The summed E-state index contributed by atoms with van der Waals surface area (Å²) in [5, 5.41) is 0. The zero-order valence-electron chi connectivity index (χ0n) is 29.6. The molecule has 8 aliphatic carbocycles. The van der Waals surface area contributed by atoms with E-state index in [0.29, 0.717) is 10.8 Å². The smallest absolute Gasteiger partial charge is 0.0193 e. The Kier molecular flexibility index (Phi) is 5.85. The molecule has 2 bridgehead atoms. The van der Waals surface area contributed by atoms with Crippen LogP contribution in [-0.4, -0.2) is 0 Å². The van der Waals surface area contributed by atoms with E-state index in [1.165, 1.54) is 0 Å². The van der Waals surface area contributed by atoms with E-state index in [1.807, 2.05) is 0 Å². The predicted molar refractivity (Wildman–Crippen MR) is 173 cm³/mol. The van der Waals surface area contributed by atoms with E-state index < -0.39 is 0 Å². The highest BCUT2D eigenvalue weighted by molar-refractivity contribution is 5.33. The molecule has 0 aromatic heterocycles. The molecule has 0 heterocycles. The molecule has 0 saturated heterocycles. The van der Waals surface area contributed by atoms with Crippen molar-refractivity contribution in [1.82, 2.24) is 0 Å². The van der Waals surface area contributed by atoms with Crippen LogP contribution in [0.2, 0.25) is 0 Å². The Labute approximate surface area is 255 Å². The maximum Gasteiger partial charge on any atom is -0.0193 e. The van der Waals surface area contributed by atoms with Crippen LogP contribution in [0.5, 0.6) is 0 Å². The van der Waals surface area contributed by atoms with Crippen molar-refractivity contribution in [3.8, 4) is 0 Å². The zero-order chi connectivity index (χ0) is 29.6. The van der Waals surface area contributed by atoms with Crippen LogP contribution in [0.15, 0.2) is 0 Å². The van der Waals surface area contributed by atoms with Gasteiger partial charge >= 0.3 is 0 Å². The minimum atomic E-state index is 0.634. The largest absolute Gasteiger partial charge is 0.0620 e. The third-order valence-electron chi connectivity index (χ3n) is 20.7. The second-order valence-electron chi connectivity index (χ2n) is 19.9. The molecule has 41 heavy (non-hydrogen) atoms. The molecule has 8 saturated carbocycles. The summed E-state index contributed by atoms with van der Waals surface area (Å²) in [6, 6.07) is 0. The van der Waals surface area contributed by atoms with Gasteiger partial charge in [0.05, 0.1) is 0 Å². The molecule has 232 valence electrons. The van der Waals surface area contributed by atoms with E-state index in [4.69, 9.17) is 0 Å². The molecule has 0 N–H and O–H groups in total. The second-order valence-corrected chi connectivity index (χ2v) is 19.9. The molecule has 0 aromatic carbocycles. The summed E-state index contributed by atoms with van der Waals surface area (Å²) in [4.78, 5) is 0. The van der Waals surface area contributed by atoms with Gasteiger partial charge in [-0.2, -0.15) is 0 Å². The first-order valence-electron chi connectivity index (χ1n) is 19.2. The Bertz CT molecular complexity index is 1010. The second kappa shape index (κ2) is 8.42.